The summed E-state index contributed by atoms with van der Waals surface area (Å²) < 4.78 is 0. The Labute approximate surface area is 135 Å². The van der Waals surface area contributed by atoms with E-state index < -0.39 is 5.78 Å². The van der Waals surface area contributed by atoms with E-state index in [2.05, 4.69) is 20.2 Å². The molecule has 0 saturated carbocycles. The molecule has 3 aromatic rings. The third kappa shape index (κ3) is 3.61. The Balaban J connectivity index is 1.73. The lowest BCUT2D eigenvalue weighted by Gasteiger charge is -1.98. The highest BCUT2D eigenvalue weighted by molar-refractivity contribution is 7.09. The fourth-order valence-electron chi connectivity index (χ4n) is 1.91. The summed E-state index contributed by atoms with van der Waals surface area (Å²) in [5, 5.41) is 18.6. The number of nitrogens with two attached hydrogens (primary N) is 1. The Morgan fingerprint density at radius 3 is 2.83 bits per heavy atom. The van der Waals surface area contributed by atoms with Gasteiger partial charge < -0.3 is 10.8 Å². The van der Waals surface area contributed by atoms with Crippen LogP contribution in [0.3, 0.4) is 0 Å². The quantitative estimate of drug-likeness (QED) is 0.286. The number of aliphatic hydroxyl groups is 1. The van der Waals surface area contributed by atoms with Crippen molar-refractivity contribution in [2.45, 2.75) is 6.42 Å². The van der Waals surface area contributed by atoms with E-state index in [1.807, 2.05) is 24.3 Å². The molecule has 2 aromatic heterocycles. The van der Waals surface area contributed by atoms with E-state index in [0.29, 0.717) is 17.8 Å². The van der Waals surface area contributed by atoms with Gasteiger partial charge in [-0.05, 0) is 17.7 Å². The number of nitrogens with zero attached hydrogens (tertiary/aromatic N) is 3. The van der Waals surface area contributed by atoms with Gasteiger partial charge in [-0.15, -0.1) is 11.3 Å². The molecule has 23 heavy (non-hydrogen) atoms. The first kappa shape index (κ1) is 14.9. The largest absolute Gasteiger partial charge is 0.506 e. The first-order valence-corrected chi connectivity index (χ1v) is 7.59. The normalized spacial score (nSPS) is 11.6. The summed E-state index contributed by atoms with van der Waals surface area (Å²) in [6.45, 7) is 0. The molecule has 0 amide bonds. The van der Waals surface area contributed by atoms with E-state index in [4.69, 9.17) is 5.73 Å². The number of rotatable bonds is 5. The van der Waals surface area contributed by atoms with Crippen LogP contribution in [0.4, 0.5) is 5.69 Å². The number of thiazole rings is 1. The smallest absolute Gasteiger partial charge is 0.226 e. The van der Waals surface area contributed by atoms with E-state index in [1.54, 1.807) is 5.38 Å². The molecule has 116 valence electrons. The number of nitrogens with one attached hydrogen (secondary N) is 1. The van der Waals surface area contributed by atoms with E-state index in [-0.39, 0.29) is 11.6 Å². The number of ketones is 1. The van der Waals surface area contributed by atoms with Crippen LogP contribution in [0.15, 0.2) is 42.0 Å². The maximum atomic E-state index is 11.8. The molecule has 0 saturated heterocycles. The van der Waals surface area contributed by atoms with Gasteiger partial charge in [0.15, 0.2) is 5.82 Å². The molecule has 8 heteroatoms. The Morgan fingerprint density at radius 2 is 2.13 bits per heavy atom. The van der Waals surface area contributed by atoms with Gasteiger partial charge in [0.25, 0.3) is 0 Å². The van der Waals surface area contributed by atoms with Crippen LogP contribution in [0.1, 0.15) is 26.9 Å². The van der Waals surface area contributed by atoms with Crippen molar-refractivity contribution in [3.05, 3.63) is 64.1 Å². The lowest BCUT2D eigenvalue weighted by Crippen LogP contribution is -1.99. The monoisotopic (exact) mass is 327 g/mol. The van der Waals surface area contributed by atoms with E-state index in [1.165, 1.54) is 17.7 Å². The zero-order chi connectivity index (χ0) is 16.2. The minimum absolute atomic E-state index is 0.0638. The lowest BCUT2D eigenvalue weighted by molar-refractivity contribution is 0.103. The first-order valence-electron chi connectivity index (χ1n) is 6.71. The van der Waals surface area contributed by atoms with Crippen LogP contribution < -0.4 is 5.73 Å². The number of nitrogen functional groups attached to an aromatic ring is 1. The molecule has 0 radical (unpaired) electrons. The first-order chi connectivity index (χ1) is 11.1. The zero-order valence-corrected chi connectivity index (χ0v) is 12.7. The fraction of sp³-hybridized carbons (Fsp3) is 0.0667. The molecule has 0 bridgehead atoms. The van der Waals surface area contributed by atoms with Gasteiger partial charge in [0.05, 0.1) is 5.01 Å². The molecule has 0 aliphatic rings. The summed E-state index contributed by atoms with van der Waals surface area (Å²) in [5.41, 5.74) is 7.79. The summed E-state index contributed by atoms with van der Waals surface area (Å²) in [5.74, 6) is -0.604. The molecule has 1 aromatic carbocycles. The van der Waals surface area contributed by atoms with Crippen LogP contribution in [0.25, 0.3) is 5.76 Å². The molecule has 7 nitrogen and oxygen atoms in total. The van der Waals surface area contributed by atoms with Crippen molar-refractivity contribution in [1.82, 2.24) is 20.2 Å². The molecule has 0 aliphatic carbocycles. The number of hydrogen-bond acceptors (Lipinski definition) is 7. The van der Waals surface area contributed by atoms with Crippen LogP contribution in [0.5, 0.6) is 0 Å². The van der Waals surface area contributed by atoms with E-state index in [9.17, 15) is 9.90 Å². The second-order valence-electron chi connectivity index (χ2n) is 4.77. The van der Waals surface area contributed by atoms with Crippen LogP contribution in [-0.4, -0.2) is 31.1 Å². The summed E-state index contributed by atoms with van der Waals surface area (Å²) in [6, 6.07) is 7.52. The van der Waals surface area contributed by atoms with Crippen LogP contribution >= 0.6 is 11.3 Å². The third-order valence-corrected chi connectivity index (χ3v) is 3.91. The van der Waals surface area contributed by atoms with Crippen molar-refractivity contribution >= 4 is 28.6 Å². The molecule has 4 N–H and O–H groups in total. The maximum absolute atomic E-state index is 11.8. The number of benzene rings is 1. The number of hydrogen-bond donors (Lipinski definition) is 3. The Kier molecular flexibility index (Phi) is 4.15. The summed E-state index contributed by atoms with van der Waals surface area (Å²) in [7, 11) is 0. The number of aliphatic hydroxyl groups excluding tert-OH is 1. The van der Waals surface area contributed by atoms with Crippen molar-refractivity contribution in [1.29, 1.82) is 0 Å². The maximum Gasteiger partial charge on any atom is 0.226 e. The number of carbonyl (C=O) groups excluding carboxylic acids is 1. The highest BCUT2D eigenvalue weighted by Gasteiger charge is 2.11. The number of aromatic nitrogens is 4. The van der Waals surface area contributed by atoms with Crippen molar-refractivity contribution in [3.63, 3.8) is 0 Å². The van der Waals surface area contributed by atoms with Crippen molar-refractivity contribution in [2.24, 2.45) is 0 Å². The topological polar surface area (TPSA) is 118 Å². The van der Waals surface area contributed by atoms with Gasteiger partial charge in [-0.3, -0.25) is 9.89 Å². The number of H-pyrrole nitrogens is 1. The van der Waals surface area contributed by atoms with Crippen molar-refractivity contribution < 1.29 is 9.90 Å². The zero-order valence-electron chi connectivity index (χ0n) is 11.9. The highest BCUT2D eigenvalue weighted by atomic mass is 32.1. The second kappa shape index (κ2) is 6.41. The summed E-state index contributed by atoms with van der Waals surface area (Å²) in [6.07, 6.45) is 2.93. The number of aromatic amines is 1. The van der Waals surface area contributed by atoms with Gasteiger partial charge in [0.2, 0.25) is 5.78 Å². The molecule has 2 heterocycles. The number of carbonyl (C=O) groups is 1. The van der Waals surface area contributed by atoms with Crippen molar-refractivity contribution in [3.8, 4) is 0 Å². The third-order valence-electron chi connectivity index (χ3n) is 3.07. The van der Waals surface area contributed by atoms with Crippen LogP contribution in [-0.2, 0) is 6.42 Å². The van der Waals surface area contributed by atoms with Gasteiger partial charge in [-0.1, -0.05) is 12.1 Å². The number of allylic oxidation sites excluding steroid dienone is 1. The van der Waals surface area contributed by atoms with Crippen molar-refractivity contribution in [2.75, 3.05) is 5.73 Å². The predicted molar refractivity (Wildman–Crippen MR) is 87.1 cm³/mol. The van der Waals surface area contributed by atoms with Gasteiger partial charge in [0.1, 0.15) is 17.8 Å². The summed E-state index contributed by atoms with van der Waals surface area (Å²) >= 11 is 1.41. The molecular formula is C15H13N5O2S. The standard InChI is InChI=1S/C15H13N5O2S/c16-10-3-1-9(2-4-10)5-14-19-11(7-23-14)12(21)6-13(22)15-17-8-18-20-15/h1-4,6-8,21H,5,16H2,(H,17,18,20). The van der Waals surface area contributed by atoms with Gasteiger partial charge in [0, 0.05) is 23.6 Å². The second-order valence-corrected chi connectivity index (χ2v) is 5.72. The molecule has 3 rings (SSSR count). The molecule has 0 atom stereocenters. The minimum atomic E-state index is -0.465. The lowest BCUT2D eigenvalue weighted by atomic mass is 10.1. The Morgan fingerprint density at radius 1 is 1.35 bits per heavy atom. The average Bonchev–Trinajstić information content (AvgIpc) is 3.21. The van der Waals surface area contributed by atoms with Gasteiger partial charge in [-0.2, -0.15) is 5.10 Å². The predicted octanol–water partition coefficient (Wildman–Crippen LogP) is 2.22. The average molecular weight is 327 g/mol. The molecule has 0 unspecified atom stereocenters. The van der Waals surface area contributed by atoms with Crippen LogP contribution in [0, 0.1) is 0 Å². The molecule has 0 fully saturated rings. The molecular weight excluding hydrogens is 314 g/mol. The van der Waals surface area contributed by atoms with Crippen LogP contribution in [0.2, 0.25) is 0 Å². The molecule has 0 spiro atoms. The summed E-state index contributed by atoms with van der Waals surface area (Å²) in [4.78, 5) is 19.9. The Bertz CT molecular complexity index is 837. The SMILES string of the molecule is Nc1ccc(Cc2nc(C(O)=CC(=O)c3ncn[nH]3)cs2)cc1. The van der Waals surface area contributed by atoms with Gasteiger partial charge >= 0.3 is 0 Å². The highest BCUT2D eigenvalue weighted by Crippen LogP contribution is 2.19. The molecule has 0 aliphatic heterocycles. The Hall–Kier alpha value is -3.00. The minimum Gasteiger partial charge on any atom is -0.506 e. The van der Waals surface area contributed by atoms with E-state index >= 15 is 0 Å². The number of anilines is 1. The van der Waals surface area contributed by atoms with E-state index in [0.717, 1.165) is 16.6 Å². The van der Waals surface area contributed by atoms with Gasteiger partial charge in [-0.25, -0.2) is 9.97 Å². The fourth-order valence-corrected chi connectivity index (χ4v) is 2.73.